The number of thiophene rings is 1. The highest BCUT2D eigenvalue weighted by Crippen LogP contribution is 2.15. The largest absolute Gasteiger partial charge is 0.323 e. The number of H-pyrrole nitrogens is 1. The van der Waals surface area contributed by atoms with Crippen molar-refractivity contribution in [2.75, 3.05) is 0 Å². The molecule has 6 heteroatoms. The third-order valence-electron chi connectivity index (χ3n) is 2.68. The first-order valence-electron chi connectivity index (χ1n) is 5.32. The number of pyridine rings is 1. The fraction of sp³-hybridized carbons (Fsp3) is 0.0833. The molecule has 0 saturated carbocycles. The highest BCUT2D eigenvalue weighted by molar-refractivity contribution is 7.71. The molecule has 90 valence electrons. The molecular formula is C12H9N3OS2. The van der Waals surface area contributed by atoms with Crippen molar-refractivity contribution in [3.63, 3.8) is 0 Å². The van der Waals surface area contributed by atoms with E-state index >= 15 is 0 Å². The summed E-state index contributed by atoms with van der Waals surface area (Å²) in [6.45, 7) is 1.90. The monoisotopic (exact) mass is 275 g/mol. The predicted octanol–water partition coefficient (Wildman–Crippen LogP) is 2.81. The Morgan fingerprint density at radius 2 is 2.22 bits per heavy atom. The van der Waals surface area contributed by atoms with Gasteiger partial charge in [-0.05, 0) is 42.7 Å². The Bertz CT molecular complexity index is 827. The van der Waals surface area contributed by atoms with E-state index in [0.29, 0.717) is 15.8 Å². The molecule has 0 spiro atoms. The van der Waals surface area contributed by atoms with E-state index in [2.05, 4.69) is 9.97 Å². The molecule has 3 aromatic heterocycles. The second kappa shape index (κ2) is 4.15. The summed E-state index contributed by atoms with van der Waals surface area (Å²) < 4.78 is 1.86. The molecule has 0 aliphatic rings. The van der Waals surface area contributed by atoms with Gasteiger partial charge in [-0.1, -0.05) is 0 Å². The highest BCUT2D eigenvalue weighted by Gasteiger charge is 2.08. The van der Waals surface area contributed by atoms with Crippen LogP contribution >= 0.6 is 23.6 Å². The van der Waals surface area contributed by atoms with Gasteiger partial charge in [0.15, 0.2) is 4.77 Å². The lowest BCUT2D eigenvalue weighted by Crippen LogP contribution is -2.19. The number of nitrogens with zero attached hydrogens (tertiary/aromatic N) is 2. The van der Waals surface area contributed by atoms with Gasteiger partial charge in [0, 0.05) is 5.69 Å². The number of hydrogen-bond acceptors (Lipinski definition) is 4. The van der Waals surface area contributed by atoms with E-state index in [-0.39, 0.29) is 5.56 Å². The molecule has 0 aromatic carbocycles. The standard InChI is InChI=1S/C12H9N3OS2/c1-7-2-3-8(6-13-7)15-11(16)9-4-5-18-10(9)14-12(15)17/h2-6H,1H3,(H,14,17). The first kappa shape index (κ1) is 11.3. The number of hydrogen-bond donors (Lipinski definition) is 1. The number of aromatic amines is 1. The first-order valence-corrected chi connectivity index (χ1v) is 6.61. The molecule has 0 fully saturated rings. The number of aromatic nitrogens is 3. The minimum Gasteiger partial charge on any atom is -0.323 e. The Labute approximate surface area is 112 Å². The van der Waals surface area contributed by atoms with Crippen LogP contribution < -0.4 is 5.56 Å². The van der Waals surface area contributed by atoms with E-state index in [1.54, 1.807) is 12.3 Å². The predicted molar refractivity (Wildman–Crippen MR) is 75.1 cm³/mol. The third-order valence-corrected chi connectivity index (χ3v) is 3.79. The van der Waals surface area contributed by atoms with Gasteiger partial charge in [-0.15, -0.1) is 11.3 Å². The Kier molecular flexibility index (Phi) is 2.61. The van der Waals surface area contributed by atoms with Crippen molar-refractivity contribution < 1.29 is 0 Å². The maximum atomic E-state index is 12.4. The second-order valence-electron chi connectivity index (χ2n) is 3.89. The summed E-state index contributed by atoms with van der Waals surface area (Å²) in [6.07, 6.45) is 1.65. The normalized spacial score (nSPS) is 10.9. The lowest BCUT2D eigenvalue weighted by atomic mass is 10.3. The summed E-state index contributed by atoms with van der Waals surface area (Å²) in [5, 5.41) is 2.52. The van der Waals surface area contributed by atoms with Crippen LogP contribution in [0.1, 0.15) is 5.69 Å². The minimum atomic E-state index is -0.111. The van der Waals surface area contributed by atoms with Gasteiger partial charge in [0.2, 0.25) is 0 Å². The molecule has 0 atom stereocenters. The fourth-order valence-electron chi connectivity index (χ4n) is 1.77. The van der Waals surface area contributed by atoms with Crippen LogP contribution in [0.3, 0.4) is 0 Å². The van der Waals surface area contributed by atoms with Crippen molar-refractivity contribution in [1.82, 2.24) is 14.5 Å². The number of aryl methyl sites for hydroxylation is 1. The smallest absolute Gasteiger partial charge is 0.267 e. The van der Waals surface area contributed by atoms with Gasteiger partial charge in [-0.3, -0.25) is 14.3 Å². The summed E-state index contributed by atoms with van der Waals surface area (Å²) >= 11 is 6.70. The zero-order chi connectivity index (χ0) is 12.7. The number of nitrogens with one attached hydrogen (secondary N) is 1. The molecule has 0 radical (unpaired) electrons. The maximum Gasteiger partial charge on any atom is 0.267 e. The molecule has 18 heavy (non-hydrogen) atoms. The van der Waals surface area contributed by atoms with Crippen molar-refractivity contribution in [2.24, 2.45) is 0 Å². The Morgan fingerprint density at radius 1 is 1.39 bits per heavy atom. The van der Waals surface area contributed by atoms with Crippen LogP contribution in [0.2, 0.25) is 0 Å². The molecule has 0 aliphatic heterocycles. The number of rotatable bonds is 1. The van der Waals surface area contributed by atoms with Gasteiger partial charge in [0.05, 0.1) is 17.3 Å². The molecule has 3 rings (SSSR count). The van der Waals surface area contributed by atoms with Crippen LogP contribution in [-0.2, 0) is 0 Å². The molecule has 0 aliphatic carbocycles. The van der Waals surface area contributed by atoms with Crippen LogP contribution in [0, 0.1) is 11.7 Å². The fourth-order valence-corrected chi connectivity index (χ4v) is 2.90. The van der Waals surface area contributed by atoms with Crippen molar-refractivity contribution >= 4 is 33.8 Å². The third kappa shape index (κ3) is 1.70. The Hall–Kier alpha value is -1.79. The van der Waals surface area contributed by atoms with Gasteiger partial charge in [-0.25, -0.2) is 0 Å². The molecular weight excluding hydrogens is 266 g/mol. The topological polar surface area (TPSA) is 50.7 Å². The quantitative estimate of drug-likeness (QED) is 0.695. The maximum absolute atomic E-state index is 12.4. The van der Waals surface area contributed by atoms with Crippen LogP contribution in [0.4, 0.5) is 0 Å². The van der Waals surface area contributed by atoms with Crippen LogP contribution in [0.5, 0.6) is 0 Å². The summed E-state index contributed by atoms with van der Waals surface area (Å²) in [4.78, 5) is 20.4. The lowest BCUT2D eigenvalue weighted by molar-refractivity contribution is 0.931. The van der Waals surface area contributed by atoms with Crippen molar-refractivity contribution in [3.8, 4) is 5.69 Å². The SMILES string of the molecule is Cc1ccc(-n2c(=S)[nH]c3sccc3c2=O)cn1. The molecule has 0 bridgehead atoms. The van der Waals surface area contributed by atoms with E-state index in [4.69, 9.17) is 12.2 Å². The molecule has 0 saturated heterocycles. The highest BCUT2D eigenvalue weighted by atomic mass is 32.1. The second-order valence-corrected chi connectivity index (χ2v) is 5.19. The first-order chi connectivity index (χ1) is 8.66. The summed E-state index contributed by atoms with van der Waals surface area (Å²) in [5.41, 5.74) is 1.47. The average molecular weight is 275 g/mol. The number of fused-ring (bicyclic) bond motifs is 1. The zero-order valence-corrected chi connectivity index (χ0v) is 11.1. The summed E-state index contributed by atoms with van der Waals surface area (Å²) in [7, 11) is 0. The summed E-state index contributed by atoms with van der Waals surface area (Å²) in [5.74, 6) is 0. The molecule has 4 nitrogen and oxygen atoms in total. The van der Waals surface area contributed by atoms with Gasteiger partial charge in [0.1, 0.15) is 4.83 Å². The average Bonchev–Trinajstić information content (AvgIpc) is 2.80. The van der Waals surface area contributed by atoms with Crippen molar-refractivity contribution in [2.45, 2.75) is 6.92 Å². The molecule has 0 unspecified atom stereocenters. The van der Waals surface area contributed by atoms with E-state index in [9.17, 15) is 4.79 Å². The van der Waals surface area contributed by atoms with Gasteiger partial charge in [0.25, 0.3) is 5.56 Å². The van der Waals surface area contributed by atoms with Gasteiger partial charge < -0.3 is 4.98 Å². The molecule has 0 amide bonds. The van der Waals surface area contributed by atoms with E-state index in [1.165, 1.54) is 15.9 Å². The molecule has 1 N–H and O–H groups in total. The Balaban J connectivity index is 2.38. The van der Waals surface area contributed by atoms with Gasteiger partial charge >= 0.3 is 0 Å². The van der Waals surface area contributed by atoms with Crippen molar-refractivity contribution in [3.05, 3.63) is 50.6 Å². The Morgan fingerprint density at radius 3 is 2.94 bits per heavy atom. The van der Waals surface area contributed by atoms with E-state index in [0.717, 1.165) is 10.5 Å². The van der Waals surface area contributed by atoms with E-state index in [1.807, 2.05) is 24.4 Å². The molecule has 3 aromatic rings. The zero-order valence-electron chi connectivity index (χ0n) is 9.51. The van der Waals surface area contributed by atoms with Crippen LogP contribution in [-0.4, -0.2) is 14.5 Å². The summed E-state index contributed by atoms with van der Waals surface area (Å²) in [6, 6.07) is 5.49. The lowest BCUT2D eigenvalue weighted by Gasteiger charge is -2.05. The van der Waals surface area contributed by atoms with E-state index < -0.39 is 0 Å². The molecule has 3 heterocycles. The van der Waals surface area contributed by atoms with Crippen LogP contribution in [0.15, 0.2) is 34.6 Å². The van der Waals surface area contributed by atoms with Crippen LogP contribution in [0.25, 0.3) is 15.9 Å². The van der Waals surface area contributed by atoms with Gasteiger partial charge in [-0.2, -0.15) is 0 Å². The minimum absolute atomic E-state index is 0.111. The van der Waals surface area contributed by atoms with Crippen molar-refractivity contribution in [1.29, 1.82) is 0 Å².